The molecule has 2 heteroatoms. The third-order valence-electron chi connectivity index (χ3n) is 3.83. The van der Waals surface area contributed by atoms with Crippen molar-refractivity contribution in [3.05, 3.63) is 0 Å². The van der Waals surface area contributed by atoms with Gasteiger partial charge in [0.2, 0.25) is 0 Å². The number of hydrogen-bond acceptors (Lipinski definition) is 2. The summed E-state index contributed by atoms with van der Waals surface area (Å²) in [6.45, 7) is 2.21. The highest BCUT2D eigenvalue weighted by Gasteiger charge is 2.51. The molecule has 2 rings (SSSR count). The van der Waals surface area contributed by atoms with Gasteiger partial charge in [0, 0.05) is 5.92 Å². The Morgan fingerprint density at radius 3 is 3.14 bits per heavy atom. The van der Waals surface area contributed by atoms with E-state index in [2.05, 4.69) is 6.92 Å². The van der Waals surface area contributed by atoms with Crippen LogP contribution in [0.25, 0.3) is 0 Å². The Balaban J connectivity index is 1.94. The van der Waals surface area contributed by atoms with Crippen LogP contribution in [-0.4, -0.2) is 11.6 Å². The van der Waals surface area contributed by atoms with Gasteiger partial charge in [0.05, 0.1) is 6.42 Å². The molecule has 1 saturated carbocycles. The summed E-state index contributed by atoms with van der Waals surface area (Å²) in [5, 5.41) is 0. The molecule has 80 valence electrons. The number of ether oxygens (including phenoxy) is 1. The highest BCUT2D eigenvalue weighted by Crippen LogP contribution is 2.48. The van der Waals surface area contributed by atoms with Crippen molar-refractivity contribution in [2.24, 2.45) is 5.92 Å². The van der Waals surface area contributed by atoms with Crippen LogP contribution < -0.4 is 0 Å². The third-order valence-corrected chi connectivity index (χ3v) is 3.83. The lowest BCUT2D eigenvalue weighted by Crippen LogP contribution is -2.30. The summed E-state index contributed by atoms with van der Waals surface area (Å²) in [4.78, 5) is 11.3. The van der Waals surface area contributed by atoms with Gasteiger partial charge < -0.3 is 4.74 Å². The van der Waals surface area contributed by atoms with Crippen molar-refractivity contribution in [3.63, 3.8) is 0 Å². The quantitative estimate of drug-likeness (QED) is 0.510. The van der Waals surface area contributed by atoms with E-state index in [1.165, 1.54) is 32.1 Å². The molecule has 1 aliphatic heterocycles. The normalized spacial score (nSPS) is 35.8. The molecule has 14 heavy (non-hydrogen) atoms. The first kappa shape index (κ1) is 10.0. The monoisotopic (exact) mass is 196 g/mol. The molecule has 2 fully saturated rings. The molecule has 0 aromatic heterocycles. The van der Waals surface area contributed by atoms with Crippen molar-refractivity contribution in [2.75, 3.05) is 0 Å². The maximum Gasteiger partial charge on any atom is 0.306 e. The molecule has 0 N–H and O–H groups in total. The minimum absolute atomic E-state index is 0.0216. The Morgan fingerprint density at radius 2 is 2.36 bits per heavy atom. The van der Waals surface area contributed by atoms with Gasteiger partial charge in [0.25, 0.3) is 0 Å². The average Bonchev–Trinajstić information content (AvgIpc) is 2.60. The Morgan fingerprint density at radius 1 is 1.50 bits per heavy atom. The number of fused-ring (bicyclic) bond motifs is 1. The number of unbranched alkanes of at least 4 members (excludes halogenated alkanes) is 2. The van der Waals surface area contributed by atoms with Gasteiger partial charge in [-0.1, -0.05) is 19.8 Å². The number of esters is 1. The lowest BCUT2D eigenvalue weighted by Gasteiger charge is -2.27. The van der Waals surface area contributed by atoms with Crippen LogP contribution in [0.4, 0.5) is 0 Å². The fourth-order valence-corrected chi connectivity index (χ4v) is 3.06. The lowest BCUT2D eigenvalue weighted by atomic mass is 9.86. The van der Waals surface area contributed by atoms with Crippen molar-refractivity contribution in [2.45, 2.75) is 63.9 Å². The summed E-state index contributed by atoms with van der Waals surface area (Å²) in [6.07, 6.45) is 9.11. The van der Waals surface area contributed by atoms with Crippen molar-refractivity contribution in [3.8, 4) is 0 Å². The highest BCUT2D eigenvalue weighted by atomic mass is 16.6. The molecule has 0 amide bonds. The van der Waals surface area contributed by atoms with Gasteiger partial charge >= 0.3 is 5.97 Å². The fourth-order valence-electron chi connectivity index (χ4n) is 3.06. The van der Waals surface area contributed by atoms with Gasteiger partial charge in [0.1, 0.15) is 5.60 Å². The molecule has 2 atom stereocenters. The topological polar surface area (TPSA) is 26.3 Å². The molecular formula is C12H20O2. The van der Waals surface area contributed by atoms with E-state index in [1.807, 2.05) is 0 Å². The summed E-state index contributed by atoms with van der Waals surface area (Å²) >= 11 is 0. The molecule has 0 aromatic carbocycles. The minimum Gasteiger partial charge on any atom is -0.459 e. The number of rotatable bonds is 4. The molecule has 0 radical (unpaired) electrons. The van der Waals surface area contributed by atoms with Crippen LogP contribution in [0, 0.1) is 5.92 Å². The van der Waals surface area contributed by atoms with Crippen LogP contribution in [0.2, 0.25) is 0 Å². The van der Waals surface area contributed by atoms with Gasteiger partial charge in [-0.15, -0.1) is 0 Å². The van der Waals surface area contributed by atoms with Gasteiger partial charge in [-0.25, -0.2) is 0 Å². The molecular weight excluding hydrogens is 176 g/mol. The van der Waals surface area contributed by atoms with E-state index >= 15 is 0 Å². The first-order chi connectivity index (χ1) is 6.77. The van der Waals surface area contributed by atoms with E-state index in [1.54, 1.807) is 0 Å². The first-order valence-electron chi connectivity index (χ1n) is 5.99. The number of hydrogen-bond donors (Lipinski definition) is 0. The predicted molar refractivity (Wildman–Crippen MR) is 54.9 cm³/mol. The average molecular weight is 196 g/mol. The maximum absolute atomic E-state index is 11.3. The van der Waals surface area contributed by atoms with Gasteiger partial charge in [-0.05, 0) is 32.1 Å². The SMILES string of the molecule is CCCCC[C@@]12CCC[C@@H]1CC(=O)O2. The number of carbonyl (C=O) groups is 1. The summed E-state index contributed by atoms with van der Waals surface area (Å²) in [7, 11) is 0. The zero-order valence-electron chi connectivity index (χ0n) is 9.05. The Labute approximate surface area is 86.0 Å². The van der Waals surface area contributed by atoms with Crippen LogP contribution >= 0.6 is 0 Å². The molecule has 2 nitrogen and oxygen atoms in total. The number of carbonyl (C=O) groups excluding carboxylic acids is 1. The fraction of sp³-hybridized carbons (Fsp3) is 0.917. The van der Waals surface area contributed by atoms with Crippen LogP contribution in [-0.2, 0) is 9.53 Å². The summed E-state index contributed by atoms with van der Waals surface area (Å²) in [6, 6.07) is 0. The van der Waals surface area contributed by atoms with E-state index in [0.717, 1.165) is 12.8 Å². The summed E-state index contributed by atoms with van der Waals surface area (Å²) in [5.41, 5.74) is -0.0216. The van der Waals surface area contributed by atoms with Gasteiger partial charge in [-0.3, -0.25) is 4.79 Å². The summed E-state index contributed by atoms with van der Waals surface area (Å²) < 4.78 is 5.58. The van der Waals surface area contributed by atoms with E-state index in [9.17, 15) is 4.79 Å². The zero-order chi connectivity index (χ0) is 10.0. The molecule has 0 spiro atoms. The molecule has 1 heterocycles. The van der Waals surface area contributed by atoms with E-state index in [0.29, 0.717) is 12.3 Å². The second kappa shape index (κ2) is 3.92. The van der Waals surface area contributed by atoms with E-state index in [-0.39, 0.29) is 11.6 Å². The van der Waals surface area contributed by atoms with Crippen LogP contribution in [0.1, 0.15) is 58.3 Å². The molecule has 0 unspecified atom stereocenters. The maximum atomic E-state index is 11.3. The van der Waals surface area contributed by atoms with Crippen molar-refractivity contribution >= 4 is 5.97 Å². The van der Waals surface area contributed by atoms with Crippen LogP contribution in [0.15, 0.2) is 0 Å². The largest absolute Gasteiger partial charge is 0.459 e. The minimum atomic E-state index is -0.0216. The molecule has 0 bridgehead atoms. The van der Waals surface area contributed by atoms with Crippen LogP contribution in [0.3, 0.4) is 0 Å². The van der Waals surface area contributed by atoms with E-state index in [4.69, 9.17) is 4.74 Å². The smallest absolute Gasteiger partial charge is 0.306 e. The molecule has 1 saturated heterocycles. The second-order valence-corrected chi connectivity index (χ2v) is 4.79. The Bertz CT molecular complexity index is 224. The highest BCUT2D eigenvalue weighted by molar-refractivity contribution is 5.73. The lowest BCUT2D eigenvalue weighted by molar-refractivity contribution is -0.149. The van der Waals surface area contributed by atoms with Crippen molar-refractivity contribution in [1.29, 1.82) is 0 Å². The molecule has 0 aromatic rings. The molecule has 2 aliphatic rings. The predicted octanol–water partition coefficient (Wildman–Crippen LogP) is 3.05. The van der Waals surface area contributed by atoms with Gasteiger partial charge in [-0.2, -0.15) is 0 Å². The summed E-state index contributed by atoms with van der Waals surface area (Å²) in [5.74, 6) is 0.595. The first-order valence-corrected chi connectivity index (χ1v) is 5.99. The Hall–Kier alpha value is -0.530. The van der Waals surface area contributed by atoms with Crippen LogP contribution in [0.5, 0.6) is 0 Å². The Kier molecular flexibility index (Phi) is 2.80. The van der Waals surface area contributed by atoms with Crippen molar-refractivity contribution < 1.29 is 9.53 Å². The second-order valence-electron chi connectivity index (χ2n) is 4.79. The third kappa shape index (κ3) is 1.67. The van der Waals surface area contributed by atoms with E-state index < -0.39 is 0 Å². The zero-order valence-corrected chi connectivity index (χ0v) is 9.05. The van der Waals surface area contributed by atoms with Crippen molar-refractivity contribution in [1.82, 2.24) is 0 Å². The molecule has 1 aliphatic carbocycles. The van der Waals surface area contributed by atoms with Gasteiger partial charge in [0.15, 0.2) is 0 Å². The standard InChI is InChI=1S/C12H20O2/c1-2-3-4-7-12-8-5-6-10(12)9-11(13)14-12/h10H,2-9H2,1H3/t10-,12-/m1/s1.